The molecule has 0 atom stereocenters. The normalized spacial score (nSPS) is 12.6. The van der Waals surface area contributed by atoms with Crippen LogP contribution in [-0.4, -0.2) is 43.1 Å². The zero-order valence-corrected chi connectivity index (χ0v) is 19.9. The third-order valence-corrected chi connectivity index (χ3v) is 6.80. The fraction of sp³-hybridized carbons (Fsp3) is 0.269. The first kappa shape index (κ1) is 23.5. The van der Waals surface area contributed by atoms with Gasteiger partial charge in [0.25, 0.3) is 5.91 Å². The van der Waals surface area contributed by atoms with E-state index in [4.69, 9.17) is 9.47 Å². The number of hydrogen-bond acceptors (Lipinski definition) is 6. The number of hydrogen-bond donors (Lipinski definition) is 1. The first-order valence-electron chi connectivity index (χ1n) is 11.1. The summed E-state index contributed by atoms with van der Waals surface area (Å²) in [6, 6.07) is 17.6. The van der Waals surface area contributed by atoms with E-state index in [1.54, 1.807) is 24.0 Å². The van der Waals surface area contributed by atoms with Gasteiger partial charge in [-0.25, -0.2) is 9.59 Å². The number of esters is 1. The Hall–Kier alpha value is -3.65. The molecule has 34 heavy (non-hydrogen) atoms. The van der Waals surface area contributed by atoms with Crippen LogP contribution in [0.1, 0.15) is 49.2 Å². The molecule has 0 spiro atoms. The van der Waals surface area contributed by atoms with Crippen LogP contribution in [0, 0.1) is 0 Å². The molecule has 1 aliphatic heterocycles. The highest BCUT2D eigenvalue weighted by Gasteiger charge is 2.31. The highest BCUT2D eigenvalue weighted by Crippen LogP contribution is 2.38. The summed E-state index contributed by atoms with van der Waals surface area (Å²) in [7, 11) is 1.34. The van der Waals surface area contributed by atoms with Crippen LogP contribution in [0.5, 0.6) is 0 Å². The summed E-state index contributed by atoms with van der Waals surface area (Å²) in [5, 5.41) is 3.33. The molecule has 2 aromatic carbocycles. The Morgan fingerprint density at radius 1 is 1.03 bits per heavy atom. The standard InChI is InChI=1S/C26H26N2O5S/c1-3-33-25(30)22-20-13-14-28(26(31)32-2)16-21(20)34-24(22)27-23(29)19-11-9-18(10-12-19)15-17-7-5-4-6-8-17/h4-12H,3,13-16H2,1-2H3,(H,27,29). The zero-order chi connectivity index (χ0) is 24.1. The molecule has 2 heterocycles. The summed E-state index contributed by atoms with van der Waals surface area (Å²) in [6.07, 6.45) is 0.848. The molecule has 0 unspecified atom stereocenters. The van der Waals surface area contributed by atoms with Crippen molar-refractivity contribution in [3.05, 3.63) is 87.3 Å². The van der Waals surface area contributed by atoms with Crippen LogP contribution >= 0.6 is 11.3 Å². The molecule has 0 aliphatic carbocycles. The van der Waals surface area contributed by atoms with E-state index in [2.05, 4.69) is 17.4 Å². The van der Waals surface area contributed by atoms with Crippen LogP contribution in [0.15, 0.2) is 54.6 Å². The van der Waals surface area contributed by atoms with Crippen molar-refractivity contribution < 1.29 is 23.9 Å². The van der Waals surface area contributed by atoms with Crippen LogP contribution in [0.2, 0.25) is 0 Å². The maximum Gasteiger partial charge on any atom is 0.409 e. The van der Waals surface area contributed by atoms with Crippen molar-refractivity contribution in [2.24, 2.45) is 0 Å². The number of benzene rings is 2. The third-order valence-electron chi connectivity index (χ3n) is 5.66. The second-order valence-corrected chi connectivity index (χ2v) is 8.99. The van der Waals surface area contributed by atoms with Crippen LogP contribution < -0.4 is 5.32 Å². The second-order valence-electron chi connectivity index (χ2n) is 7.88. The maximum absolute atomic E-state index is 13.0. The van der Waals surface area contributed by atoms with Crippen LogP contribution in [-0.2, 0) is 28.9 Å². The predicted octanol–water partition coefficient (Wildman–Crippen LogP) is 4.89. The number of carbonyl (C=O) groups is 3. The van der Waals surface area contributed by atoms with Crippen molar-refractivity contribution in [3.63, 3.8) is 0 Å². The summed E-state index contributed by atoms with van der Waals surface area (Å²) in [5.74, 6) is -0.778. The topological polar surface area (TPSA) is 84.9 Å². The smallest absolute Gasteiger partial charge is 0.409 e. The zero-order valence-electron chi connectivity index (χ0n) is 19.1. The van der Waals surface area contributed by atoms with Crippen molar-refractivity contribution in [2.75, 3.05) is 25.6 Å². The highest BCUT2D eigenvalue weighted by atomic mass is 32.1. The first-order valence-corrected chi connectivity index (χ1v) is 11.9. The number of thiophene rings is 1. The largest absolute Gasteiger partial charge is 0.462 e. The number of rotatable bonds is 6. The summed E-state index contributed by atoms with van der Waals surface area (Å²) >= 11 is 1.29. The monoisotopic (exact) mass is 478 g/mol. The van der Waals surface area contributed by atoms with Gasteiger partial charge in [0.1, 0.15) is 5.00 Å². The molecule has 4 rings (SSSR count). The lowest BCUT2D eigenvalue weighted by molar-refractivity contribution is 0.0526. The molecular formula is C26H26N2O5S. The molecule has 0 saturated heterocycles. The minimum absolute atomic E-state index is 0.230. The summed E-state index contributed by atoms with van der Waals surface area (Å²) in [4.78, 5) is 40.1. The van der Waals surface area contributed by atoms with Gasteiger partial charge >= 0.3 is 12.1 Å². The van der Waals surface area contributed by atoms with Gasteiger partial charge in [0.2, 0.25) is 0 Å². The SMILES string of the molecule is CCOC(=O)c1c(NC(=O)c2ccc(Cc3ccccc3)cc2)sc2c1CCN(C(=O)OC)C2. The average Bonchev–Trinajstić information content (AvgIpc) is 3.21. The molecule has 7 nitrogen and oxygen atoms in total. The van der Waals surface area contributed by atoms with Gasteiger partial charge in [0.15, 0.2) is 0 Å². The lowest BCUT2D eigenvalue weighted by Gasteiger charge is -2.25. The summed E-state index contributed by atoms with van der Waals surface area (Å²) in [5.41, 5.74) is 3.99. The van der Waals surface area contributed by atoms with Gasteiger partial charge in [-0.1, -0.05) is 42.5 Å². The van der Waals surface area contributed by atoms with Crippen molar-refractivity contribution in [1.82, 2.24) is 4.90 Å². The van der Waals surface area contributed by atoms with Crippen molar-refractivity contribution >= 4 is 34.3 Å². The van der Waals surface area contributed by atoms with Gasteiger partial charge < -0.3 is 19.7 Å². The van der Waals surface area contributed by atoms with Gasteiger partial charge in [-0.15, -0.1) is 11.3 Å². The Kier molecular flexibility index (Phi) is 7.27. The Morgan fingerprint density at radius 3 is 2.41 bits per heavy atom. The summed E-state index contributed by atoms with van der Waals surface area (Å²) < 4.78 is 10.1. The number of ether oxygens (including phenoxy) is 2. The lowest BCUT2D eigenvalue weighted by atomic mass is 10.0. The van der Waals surface area contributed by atoms with Gasteiger partial charge in [-0.3, -0.25) is 4.79 Å². The molecular weight excluding hydrogens is 452 g/mol. The van der Waals surface area contributed by atoms with E-state index in [-0.39, 0.29) is 12.5 Å². The van der Waals surface area contributed by atoms with E-state index in [0.29, 0.717) is 35.6 Å². The molecule has 1 N–H and O–H groups in total. The van der Waals surface area contributed by atoms with Crippen molar-refractivity contribution in [1.29, 1.82) is 0 Å². The van der Waals surface area contributed by atoms with Crippen LogP contribution in [0.25, 0.3) is 0 Å². The van der Waals surface area contributed by atoms with Gasteiger partial charge in [0.05, 0.1) is 25.8 Å². The Labute approximate surface area is 202 Å². The highest BCUT2D eigenvalue weighted by molar-refractivity contribution is 7.17. The lowest BCUT2D eigenvalue weighted by Crippen LogP contribution is -2.35. The molecule has 8 heteroatoms. The minimum Gasteiger partial charge on any atom is -0.462 e. The molecule has 1 aliphatic rings. The van der Waals surface area contributed by atoms with E-state index in [1.807, 2.05) is 30.3 Å². The molecule has 0 saturated carbocycles. The molecule has 0 bridgehead atoms. The van der Waals surface area contributed by atoms with Crippen molar-refractivity contribution in [2.45, 2.75) is 26.3 Å². The molecule has 2 amide bonds. The number of anilines is 1. The van der Waals surface area contributed by atoms with Gasteiger partial charge in [-0.05, 0) is 48.6 Å². The van der Waals surface area contributed by atoms with E-state index in [9.17, 15) is 14.4 Å². The Morgan fingerprint density at radius 2 is 1.74 bits per heavy atom. The number of amides is 2. The minimum atomic E-state index is -0.472. The van der Waals surface area contributed by atoms with Gasteiger partial charge in [-0.2, -0.15) is 0 Å². The first-order chi connectivity index (χ1) is 16.5. The fourth-order valence-corrected chi connectivity index (χ4v) is 5.22. The number of methoxy groups -OCH3 is 1. The van der Waals surface area contributed by atoms with E-state index in [1.165, 1.54) is 24.0 Å². The van der Waals surface area contributed by atoms with E-state index >= 15 is 0 Å². The molecule has 0 radical (unpaired) electrons. The number of fused-ring (bicyclic) bond motifs is 1. The molecule has 3 aromatic rings. The number of carbonyl (C=O) groups excluding carboxylic acids is 3. The Bertz CT molecular complexity index is 1190. The van der Waals surface area contributed by atoms with Gasteiger partial charge in [0, 0.05) is 17.0 Å². The molecule has 0 fully saturated rings. The van der Waals surface area contributed by atoms with Crippen LogP contribution in [0.3, 0.4) is 0 Å². The molecule has 176 valence electrons. The van der Waals surface area contributed by atoms with Crippen molar-refractivity contribution in [3.8, 4) is 0 Å². The third kappa shape index (κ3) is 5.12. The number of nitrogens with zero attached hydrogens (tertiary/aromatic N) is 1. The van der Waals surface area contributed by atoms with E-state index in [0.717, 1.165) is 22.4 Å². The summed E-state index contributed by atoms with van der Waals surface area (Å²) in [6.45, 7) is 2.72. The average molecular weight is 479 g/mol. The van der Waals surface area contributed by atoms with Crippen LogP contribution in [0.4, 0.5) is 9.80 Å². The number of nitrogens with one attached hydrogen (secondary N) is 1. The maximum atomic E-state index is 13.0. The predicted molar refractivity (Wildman–Crippen MR) is 130 cm³/mol. The molecule has 1 aromatic heterocycles. The Balaban J connectivity index is 1.54. The quantitative estimate of drug-likeness (QED) is 0.510. The van der Waals surface area contributed by atoms with E-state index < -0.39 is 12.1 Å². The fourth-order valence-electron chi connectivity index (χ4n) is 3.98. The second kappa shape index (κ2) is 10.5.